The molecule has 2 heterocycles. The molecule has 2 amide bonds. The maximum atomic E-state index is 13.4. The first kappa shape index (κ1) is 28.2. The van der Waals surface area contributed by atoms with Gasteiger partial charge in [-0.15, -0.1) is 0 Å². The molecular formula is C23H27F3N5NaO4S. The largest absolute Gasteiger partial charge is 1.00 e. The summed E-state index contributed by atoms with van der Waals surface area (Å²) in [6.45, 7) is -0.805. The summed E-state index contributed by atoms with van der Waals surface area (Å²) in [5.74, 6) is 0. The topological polar surface area (TPSA) is 108 Å². The van der Waals surface area contributed by atoms with Crippen LogP contribution in [0.15, 0.2) is 18.5 Å². The van der Waals surface area contributed by atoms with E-state index in [1.807, 2.05) is 0 Å². The summed E-state index contributed by atoms with van der Waals surface area (Å²) in [4.78, 5) is 13.0. The molecule has 1 N–H and O–H groups in total. The summed E-state index contributed by atoms with van der Waals surface area (Å²) >= 11 is 0. The van der Waals surface area contributed by atoms with Gasteiger partial charge in [0.05, 0.1) is 11.9 Å². The van der Waals surface area contributed by atoms with Gasteiger partial charge < -0.3 is 14.8 Å². The molecule has 1 aliphatic heterocycles. The normalized spacial score (nSPS) is 17.6. The Hall–Kier alpha value is -1.80. The molecule has 0 saturated carbocycles. The van der Waals surface area contributed by atoms with Crippen molar-refractivity contribution < 1.29 is 60.7 Å². The van der Waals surface area contributed by atoms with Gasteiger partial charge in [-0.2, -0.15) is 18.3 Å². The number of fused-ring (bicyclic) bond motifs is 2. The predicted molar refractivity (Wildman–Crippen MR) is 126 cm³/mol. The van der Waals surface area contributed by atoms with Crippen molar-refractivity contribution in [3.8, 4) is 0 Å². The van der Waals surface area contributed by atoms with Gasteiger partial charge in [-0.1, -0.05) is 6.07 Å². The van der Waals surface area contributed by atoms with E-state index in [1.165, 1.54) is 11.1 Å². The van der Waals surface area contributed by atoms with Crippen LogP contribution in [-0.2, 0) is 47.2 Å². The molecule has 1 fully saturated rings. The summed E-state index contributed by atoms with van der Waals surface area (Å²) in [5, 5.41) is 6.41. The zero-order valence-electron chi connectivity index (χ0n) is 20.6. The summed E-state index contributed by atoms with van der Waals surface area (Å²) in [7, 11) is -4.60. The maximum Gasteiger partial charge on any atom is 1.00 e. The van der Waals surface area contributed by atoms with Crippen LogP contribution in [0.3, 0.4) is 0 Å². The van der Waals surface area contributed by atoms with Crippen molar-refractivity contribution in [1.29, 1.82) is 0 Å². The van der Waals surface area contributed by atoms with Gasteiger partial charge in [-0.25, -0.2) is 8.42 Å². The zero-order valence-corrected chi connectivity index (χ0v) is 23.4. The van der Waals surface area contributed by atoms with E-state index >= 15 is 0 Å². The van der Waals surface area contributed by atoms with Crippen molar-refractivity contribution in [2.24, 2.45) is 0 Å². The van der Waals surface area contributed by atoms with Crippen LogP contribution in [0.2, 0.25) is 0 Å². The van der Waals surface area contributed by atoms with Crippen molar-refractivity contribution >= 4 is 27.6 Å². The molecule has 5 rings (SSSR count). The molecule has 1 aromatic carbocycles. The number of benzene rings is 1. The van der Waals surface area contributed by atoms with Gasteiger partial charge in [0.1, 0.15) is 6.54 Å². The molecule has 2 aliphatic carbocycles. The molecule has 0 spiro atoms. The second-order valence-electron chi connectivity index (χ2n) is 9.38. The third kappa shape index (κ3) is 6.27. The Balaban J connectivity index is 0.00000320. The van der Waals surface area contributed by atoms with Gasteiger partial charge in [0, 0.05) is 25.5 Å². The van der Waals surface area contributed by atoms with E-state index in [0.29, 0.717) is 23.2 Å². The first-order valence-electron chi connectivity index (χ1n) is 12.0. The first-order valence-corrected chi connectivity index (χ1v) is 13.4. The quantitative estimate of drug-likeness (QED) is 0.546. The maximum absolute atomic E-state index is 13.4. The Bertz CT molecular complexity index is 1230. The van der Waals surface area contributed by atoms with Crippen molar-refractivity contribution in [3.05, 3.63) is 45.4 Å². The average molecular weight is 550 g/mol. The van der Waals surface area contributed by atoms with E-state index in [-0.39, 0.29) is 48.5 Å². The Morgan fingerprint density at radius 3 is 2.35 bits per heavy atom. The molecule has 9 nitrogen and oxygen atoms in total. The number of anilines is 2. The van der Waals surface area contributed by atoms with E-state index in [4.69, 9.17) is 4.74 Å². The van der Waals surface area contributed by atoms with Gasteiger partial charge in [0.2, 0.25) is 0 Å². The Kier molecular flexibility index (Phi) is 8.49. The minimum absolute atomic E-state index is 0. The number of aryl methyl sites for hydroxylation is 2. The Morgan fingerprint density at radius 2 is 1.76 bits per heavy atom. The smallest absolute Gasteiger partial charge is 0.423 e. The predicted octanol–water partition coefficient (Wildman–Crippen LogP) is 1.26. The van der Waals surface area contributed by atoms with Gasteiger partial charge in [0.25, 0.3) is 10.2 Å². The van der Waals surface area contributed by atoms with Crippen molar-refractivity contribution in [2.45, 2.75) is 70.1 Å². The number of urea groups is 1. The molecule has 3 aliphatic rings. The molecule has 0 radical (unpaired) electrons. The van der Waals surface area contributed by atoms with E-state index in [0.717, 1.165) is 66.4 Å². The molecular weight excluding hydrogens is 522 g/mol. The van der Waals surface area contributed by atoms with Gasteiger partial charge in [-0.3, -0.25) is 13.8 Å². The zero-order chi connectivity index (χ0) is 25.5. The molecule has 14 heteroatoms. The van der Waals surface area contributed by atoms with Crippen molar-refractivity contribution in [2.75, 3.05) is 22.8 Å². The monoisotopic (exact) mass is 549 g/mol. The molecule has 0 atom stereocenters. The number of halogens is 3. The fourth-order valence-corrected chi connectivity index (χ4v) is 6.73. The number of aromatic nitrogens is 2. The Labute approximate surface area is 235 Å². The number of amides is 2. The molecule has 196 valence electrons. The third-order valence-electron chi connectivity index (χ3n) is 6.89. The summed E-state index contributed by atoms with van der Waals surface area (Å²) in [6, 6.07) is 0.540. The minimum Gasteiger partial charge on any atom is -0.423 e. The molecule has 0 bridgehead atoms. The van der Waals surface area contributed by atoms with Gasteiger partial charge >= 0.3 is 35.7 Å². The van der Waals surface area contributed by atoms with Crippen molar-refractivity contribution in [3.63, 3.8) is 0 Å². The van der Waals surface area contributed by atoms with E-state index in [1.54, 1.807) is 0 Å². The Morgan fingerprint density at radius 1 is 1.14 bits per heavy atom. The molecule has 1 aromatic heterocycles. The number of carbonyl (C=O) groups is 1. The number of rotatable bonds is 6. The number of nitrogens with one attached hydrogen (secondary N) is 1. The summed E-state index contributed by atoms with van der Waals surface area (Å²) < 4.78 is 75.6. The van der Waals surface area contributed by atoms with Gasteiger partial charge in [-0.05, 0) is 79.3 Å². The SMILES string of the molecule is O=C([N-]S(=O)(=O)N(c1cnn(CC(F)(F)F)c1)C1CCOCC1)Nc1c2c(cc3c1CCC3)CCC2.[Na+]. The van der Waals surface area contributed by atoms with E-state index < -0.39 is 35.0 Å². The number of hydrogen-bond acceptors (Lipinski definition) is 5. The fraction of sp³-hybridized carbons (Fsp3) is 0.565. The second-order valence-corrected chi connectivity index (χ2v) is 10.9. The number of carbonyl (C=O) groups excluding carboxylic acids is 1. The van der Waals surface area contributed by atoms with Crippen LogP contribution < -0.4 is 39.2 Å². The summed E-state index contributed by atoms with van der Waals surface area (Å²) in [5.41, 5.74) is 5.00. The van der Waals surface area contributed by atoms with E-state index in [9.17, 15) is 26.4 Å². The fourth-order valence-electron chi connectivity index (χ4n) is 5.43. The van der Waals surface area contributed by atoms with Crippen LogP contribution in [-0.4, -0.2) is 49.7 Å². The van der Waals surface area contributed by atoms with Crippen LogP contribution in [0.25, 0.3) is 4.72 Å². The van der Waals surface area contributed by atoms with Crippen LogP contribution in [0, 0.1) is 0 Å². The molecule has 2 aromatic rings. The van der Waals surface area contributed by atoms with Crippen LogP contribution >= 0.6 is 0 Å². The van der Waals surface area contributed by atoms with Crippen molar-refractivity contribution in [1.82, 2.24) is 9.78 Å². The van der Waals surface area contributed by atoms with Crippen LogP contribution in [0.5, 0.6) is 0 Å². The number of nitrogens with zero attached hydrogens (tertiary/aromatic N) is 4. The average Bonchev–Trinajstić information content (AvgIpc) is 3.54. The third-order valence-corrected chi connectivity index (χ3v) is 8.29. The van der Waals surface area contributed by atoms with Crippen LogP contribution in [0.1, 0.15) is 47.9 Å². The number of ether oxygens (including phenoxy) is 1. The van der Waals surface area contributed by atoms with Crippen LogP contribution in [0.4, 0.5) is 29.3 Å². The van der Waals surface area contributed by atoms with Gasteiger partial charge in [0.15, 0.2) is 6.03 Å². The van der Waals surface area contributed by atoms with E-state index in [2.05, 4.69) is 21.2 Å². The second kappa shape index (κ2) is 11.1. The number of hydrogen-bond donors (Lipinski definition) is 1. The minimum atomic E-state index is -4.60. The standard InChI is InChI=1S/C23H28F3N5O4S.Na/c24-23(25,26)14-30-13-18(12-27-30)31(17-7-9-35-10-8-17)36(33,34)29-22(32)28-21-19-5-1-3-15(19)11-16-4-2-6-20(16)21;/h11-13,17H,1-10,14H2,(H2,28,29,32);/q;+1/p-1. The summed E-state index contributed by atoms with van der Waals surface area (Å²) in [6.07, 6.45) is 3.52. The number of alkyl halides is 3. The molecule has 0 unspecified atom stereocenters. The molecule has 1 saturated heterocycles. The first-order chi connectivity index (χ1) is 17.1. The molecule has 37 heavy (non-hydrogen) atoms.